The van der Waals surface area contributed by atoms with Gasteiger partial charge in [0.1, 0.15) is 0 Å². The summed E-state index contributed by atoms with van der Waals surface area (Å²) in [6.07, 6.45) is 1.86. The number of thiocarbonyl (C=S) groups is 1. The lowest BCUT2D eigenvalue weighted by molar-refractivity contribution is -0.117. The molecule has 1 aliphatic rings. The lowest BCUT2D eigenvalue weighted by atomic mass is 10.1. The monoisotopic (exact) mass is 396 g/mol. The molecule has 8 heteroatoms. The normalized spacial score (nSPS) is 12.6. The number of nitrogens with one attached hydrogen (secondary N) is 4. The fraction of sp³-hybridized carbons (Fsp3) is 0.200. The molecule has 28 heavy (non-hydrogen) atoms. The molecule has 0 heterocycles. The van der Waals surface area contributed by atoms with E-state index in [0.717, 1.165) is 18.4 Å². The van der Waals surface area contributed by atoms with Gasteiger partial charge in [-0.25, -0.2) is 0 Å². The van der Waals surface area contributed by atoms with E-state index >= 15 is 0 Å². The van der Waals surface area contributed by atoms with Gasteiger partial charge in [0.25, 0.3) is 11.8 Å². The molecule has 0 unspecified atom stereocenters. The summed E-state index contributed by atoms with van der Waals surface area (Å²) in [4.78, 5) is 36.0. The van der Waals surface area contributed by atoms with Crippen LogP contribution in [-0.4, -0.2) is 22.8 Å². The summed E-state index contributed by atoms with van der Waals surface area (Å²) in [6, 6.07) is 13.5. The summed E-state index contributed by atoms with van der Waals surface area (Å²) in [5, 5.41) is 5.27. The highest BCUT2D eigenvalue weighted by Gasteiger charge is 2.29. The molecule has 0 bridgehead atoms. The molecule has 7 nitrogen and oxygen atoms in total. The zero-order valence-corrected chi connectivity index (χ0v) is 16.1. The average Bonchev–Trinajstić information content (AvgIpc) is 3.52. The van der Waals surface area contributed by atoms with Crippen molar-refractivity contribution in [2.75, 3.05) is 5.32 Å². The van der Waals surface area contributed by atoms with Gasteiger partial charge >= 0.3 is 0 Å². The molecule has 0 aromatic heterocycles. The van der Waals surface area contributed by atoms with Crippen molar-refractivity contribution in [2.45, 2.75) is 19.8 Å². The van der Waals surface area contributed by atoms with Crippen molar-refractivity contribution in [1.82, 2.24) is 16.2 Å². The molecule has 1 saturated carbocycles. The molecule has 0 saturated heterocycles. The van der Waals surface area contributed by atoms with Crippen LogP contribution < -0.4 is 21.5 Å². The van der Waals surface area contributed by atoms with Crippen molar-refractivity contribution in [3.63, 3.8) is 0 Å². The fourth-order valence-electron chi connectivity index (χ4n) is 2.39. The first-order valence-electron chi connectivity index (χ1n) is 8.81. The number of hydrazine groups is 1. The summed E-state index contributed by atoms with van der Waals surface area (Å²) in [5.74, 6) is -0.675. The molecule has 3 amide bonds. The quantitative estimate of drug-likeness (QED) is 0.469. The summed E-state index contributed by atoms with van der Waals surface area (Å²) < 4.78 is 0. The Balaban J connectivity index is 1.46. The van der Waals surface area contributed by atoms with Gasteiger partial charge in [-0.3, -0.25) is 30.6 Å². The Morgan fingerprint density at radius 3 is 2.04 bits per heavy atom. The highest BCUT2D eigenvalue weighted by molar-refractivity contribution is 7.80. The van der Waals surface area contributed by atoms with Crippen LogP contribution in [-0.2, 0) is 4.79 Å². The summed E-state index contributed by atoms with van der Waals surface area (Å²) in [5.41, 5.74) is 7.44. The van der Waals surface area contributed by atoms with Crippen LogP contribution in [0.4, 0.5) is 5.69 Å². The highest BCUT2D eigenvalue weighted by atomic mass is 32.1. The maximum atomic E-state index is 12.2. The Morgan fingerprint density at radius 1 is 0.857 bits per heavy atom. The fourth-order valence-corrected chi connectivity index (χ4v) is 2.54. The first-order chi connectivity index (χ1) is 13.4. The third-order valence-electron chi connectivity index (χ3n) is 4.19. The Kier molecular flexibility index (Phi) is 6.00. The van der Waals surface area contributed by atoms with Gasteiger partial charge < -0.3 is 5.32 Å². The second kappa shape index (κ2) is 8.62. The maximum absolute atomic E-state index is 12.2. The predicted molar refractivity (Wildman–Crippen MR) is 110 cm³/mol. The van der Waals surface area contributed by atoms with Crippen LogP contribution in [0.5, 0.6) is 0 Å². The zero-order chi connectivity index (χ0) is 20.1. The van der Waals surface area contributed by atoms with Gasteiger partial charge in [0.2, 0.25) is 5.91 Å². The topological polar surface area (TPSA) is 99.3 Å². The largest absolute Gasteiger partial charge is 0.326 e. The number of amides is 3. The molecule has 0 atom stereocenters. The van der Waals surface area contributed by atoms with Gasteiger partial charge in [0.15, 0.2) is 5.11 Å². The van der Waals surface area contributed by atoms with Gasteiger partial charge in [-0.05, 0) is 68.4 Å². The second-order valence-corrected chi connectivity index (χ2v) is 6.98. The molecule has 2 aromatic rings. The molecule has 2 aromatic carbocycles. The molecular weight excluding hydrogens is 376 g/mol. The Bertz CT molecular complexity index is 906. The molecule has 4 N–H and O–H groups in total. The molecule has 0 spiro atoms. The van der Waals surface area contributed by atoms with Crippen LogP contribution in [0, 0.1) is 12.8 Å². The molecule has 0 aliphatic heterocycles. The molecule has 1 aliphatic carbocycles. The number of rotatable bonds is 4. The van der Waals surface area contributed by atoms with E-state index in [2.05, 4.69) is 21.5 Å². The van der Waals surface area contributed by atoms with Crippen molar-refractivity contribution in [3.8, 4) is 0 Å². The summed E-state index contributed by atoms with van der Waals surface area (Å²) in [6.45, 7) is 1.93. The average molecular weight is 396 g/mol. The Labute approximate surface area is 167 Å². The lowest BCUT2D eigenvalue weighted by Gasteiger charge is -2.11. The smallest absolute Gasteiger partial charge is 0.269 e. The molecule has 144 valence electrons. The molecule has 1 fully saturated rings. The number of carbonyl (C=O) groups excluding carboxylic acids is 3. The Morgan fingerprint density at radius 2 is 1.43 bits per heavy atom. The summed E-state index contributed by atoms with van der Waals surface area (Å²) >= 11 is 5.02. The van der Waals surface area contributed by atoms with Crippen LogP contribution in [0.1, 0.15) is 39.1 Å². The minimum Gasteiger partial charge on any atom is -0.326 e. The van der Waals surface area contributed by atoms with Crippen LogP contribution in [0.15, 0.2) is 48.5 Å². The van der Waals surface area contributed by atoms with Crippen molar-refractivity contribution in [1.29, 1.82) is 0 Å². The van der Waals surface area contributed by atoms with E-state index < -0.39 is 5.91 Å². The van der Waals surface area contributed by atoms with Crippen LogP contribution in [0.2, 0.25) is 0 Å². The number of carbonyl (C=O) groups is 3. The van der Waals surface area contributed by atoms with E-state index in [1.807, 2.05) is 19.1 Å². The predicted octanol–water partition coefficient (Wildman–Crippen LogP) is 2.29. The minimum absolute atomic E-state index is 0.00790. The number of anilines is 1. The Hall–Kier alpha value is -3.26. The van der Waals surface area contributed by atoms with E-state index in [9.17, 15) is 14.4 Å². The van der Waals surface area contributed by atoms with Gasteiger partial charge in [-0.1, -0.05) is 17.7 Å². The highest BCUT2D eigenvalue weighted by Crippen LogP contribution is 2.30. The third kappa shape index (κ3) is 5.37. The molecular formula is C20H20N4O3S. The van der Waals surface area contributed by atoms with Crippen molar-refractivity contribution in [2.24, 2.45) is 5.92 Å². The van der Waals surface area contributed by atoms with E-state index in [4.69, 9.17) is 12.2 Å². The number of hydrogen-bond acceptors (Lipinski definition) is 4. The zero-order valence-electron chi connectivity index (χ0n) is 15.2. The SMILES string of the molecule is Cc1ccc(C(=O)NC(=S)NNC(=O)c2ccc(NC(=O)C3CC3)cc2)cc1. The third-order valence-corrected chi connectivity index (χ3v) is 4.40. The number of benzene rings is 2. The second-order valence-electron chi connectivity index (χ2n) is 6.57. The molecule has 3 rings (SSSR count). The van der Waals surface area contributed by atoms with E-state index in [0.29, 0.717) is 16.8 Å². The lowest BCUT2D eigenvalue weighted by Crippen LogP contribution is -2.48. The summed E-state index contributed by atoms with van der Waals surface area (Å²) in [7, 11) is 0. The van der Waals surface area contributed by atoms with Crippen molar-refractivity contribution < 1.29 is 14.4 Å². The van der Waals surface area contributed by atoms with Crippen LogP contribution in [0.25, 0.3) is 0 Å². The van der Waals surface area contributed by atoms with Crippen LogP contribution in [0.3, 0.4) is 0 Å². The van der Waals surface area contributed by atoms with Gasteiger partial charge in [0, 0.05) is 22.7 Å². The van der Waals surface area contributed by atoms with Crippen molar-refractivity contribution in [3.05, 3.63) is 65.2 Å². The number of hydrogen-bond donors (Lipinski definition) is 4. The minimum atomic E-state index is -0.424. The van der Waals surface area contributed by atoms with Crippen LogP contribution >= 0.6 is 12.2 Å². The van der Waals surface area contributed by atoms with E-state index in [1.54, 1.807) is 36.4 Å². The number of aryl methyl sites for hydroxylation is 1. The first-order valence-corrected chi connectivity index (χ1v) is 9.22. The standard InChI is InChI=1S/C20H20N4O3S/c1-12-2-4-13(5-3-12)18(26)22-20(28)24-23-19(27)15-8-10-16(11-9-15)21-17(25)14-6-7-14/h2-5,8-11,14H,6-7H2,1H3,(H,21,25)(H,23,27)(H2,22,24,26,28). The van der Waals surface area contributed by atoms with Gasteiger partial charge in [-0.15, -0.1) is 0 Å². The molecule has 0 radical (unpaired) electrons. The van der Waals surface area contributed by atoms with Gasteiger partial charge in [-0.2, -0.15) is 0 Å². The first kappa shape index (κ1) is 19.5. The van der Waals surface area contributed by atoms with E-state index in [1.165, 1.54) is 0 Å². The van der Waals surface area contributed by atoms with E-state index in [-0.39, 0.29) is 22.8 Å². The maximum Gasteiger partial charge on any atom is 0.269 e. The van der Waals surface area contributed by atoms with Crippen molar-refractivity contribution >= 4 is 40.7 Å². The van der Waals surface area contributed by atoms with Gasteiger partial charge in [0.05, 0.1) is 0 Å².